The Balaban J connectivity index is 2.32. The smallest absolute Gasteiger partial charge is 0.338 e. The molecule has 110 valence electrons. The number of hydrogen-bond acceptors (Lipinski definition) is 3. The Hall–Kier alpha value is -2.35. The van der Waals surface area contributed by atoms with Gasteiger partial charge in [-0.2, -0.15) is 0 Å². The summed E-state index contributed by atoms with van der Waals surface area (Å²) in [5.41, 5.74) is -0.581. The summed E-state index contributed by atoms with van der Waals surface area (Å²) in [4.78, 5) is 23.5. The van der Waals surface area contributed by atoms with Crippen molar-refractivity contribution in [2.75, 3.05) is 5.32 Å². The Morgan fingerprint density at radius 3 is 2.24 bits per heavy atom. The van der Waals surface area contributed by atoms with Crippen LogP contribution in [0.1, 0.15) is 25.6 Å². The third-order valence-corrected chi connectivity index (χ3v) is 3.52. The molecule has 0 radical (unpaired) electrons. The van der Waals surface area contributed by atoms with Gasteiger partial charge < -0.3 is 10.4 Å². The highest BCUT2D eigenvalue weighted by Crippen LogP contribution is 2.28. The van der Waals surface area contributed by atoms with E-state index in [1.807, 2.05) is 0 Å². The number of amides is 1. The first-order valence-electron chi connectivity index (χ1n) is 5.59. The van der Waals surface area contributed by atoms with Crippen LogP contribution in [0.3, 0.4) is 0 Å². The molecule has 0 aliphatic carbocycles. The number of rotatable bonds is 3. The molecule has 0 unspecified atom stereocenters. The summed E-state index contributed by atoms with van der Waals surface area (Å²) in [6.07, 6.45) is 0. The van der Waals surface area contributed by atoms with Gasteiger partial charge in [0.15, 0.2) is 17.5 Å². The van der Waals surface area contributed by atoms with Crippen molar-refractivity contribution in [1.82, 2.24) is 0 Å². The fourth-order valence-electron chi connectivity index (χ4n) is 1.63. The second-order valence-corrected chi connectivity index (χ2v) is 5.37. The van der Waals surface area contributed by atoms with Crippen molar-refractivity contribution >= 4 is 28.2 Å². The van der Waals surface area contributed by atoms with E-state index in [2.05, 4.69) is 5.32 Å². The summed E-state index contributed by atoms with van der Waals surface area (Å²) >= 11 is 1.00. The molecule has 0 bridgehead atoms. The standard InChI is InChI=1S/C13H8F3NO3S/c1-5-2-7(13(19)20)12(21-5)17-11(18)6-3-8(14)10(16)9(15)4-6/h2-4H,1H3,(H,17,18)(H,19,20). The van der Waals surface area contributed by atoms with E-state index in [0.29, 0.717) is 17.0 Å². The molecule has 2 aromatic rings. The van der Waals surface area contributed by atoms with Gasteiger partial charge in [-0.05, 0) is 25.1 Å². The van der Waals surface area contributed by atoms with Crippen LogP contribution in [0, 0.1) is 24.4 Å². The summed E-state index contributed by atoms with van der Waals surface area (Å²) in [7, 11) is 0. The van der Waals surface area contributed by atoms with Gasteiger partial charge in [0, 0.05) is 10.4 Å². The number of carbonyl (C=O) groups excluding carboxylic acids is 1. The quantitative estimate of drug-likeness (QED) is 0.853. The maximum atomic E-state index is 13.1. The van der Waals surface area contributed by atoms with Crippen molar-refractivity contribution in [3.8, 4) is 0 Å². The van der Waals surface area contributed by atoms with Crippen molar-refractivity contribution in [3.05, 3.63) is 51.7 Å². The van der Waals surface area contributed by atoms with Crippen LogP contribution in [-0.4, -0.2) is 17.0 Å². The summed E-state index contributed by atoms with van der Waals surface area (Å²) in [5, 5.41) is 11.3. The zero-order valence-corrected chi connectivity index (χ0v) is 11.4. The van der Waals surface area contributed by atoms with Crippen LogP contribution < -0.4 is 5.32 Å². The Bertz CT molecular complexity index is 719. The van der Waals surface area contributed by atoms with E-state index in [1.54, 1.807) is 6.92 Å². The average molecular weight is 315 g/mol. The van der Waals surface area contributed by atoms with E-state index in [0.717, 1.165) is 11.3 Å². The summed E-state index contributed by atoms with van der Waals surface area (Å²) in [6, 6.07) is 2.43. The highest BCUT2D eigenvalue weighted by atomic mass is 32.1. The largest absolute Gasteiger partial charge is 0.478 e. The number of nitrogens with one attached hydrogen (secondary N) is 1. The van der Waals surface area contributed by atoms with Crippen LogP contribution in [0.4, 0.5) is 18.2 Å². The number of anilines is 1. The van der Waals surface area contributed by atoms with E-state index < -0.39 is 34.9 Å². The van der Waals surface area contributed by atoms with Gasteiger partial charge in [-0.25, -0.2) is 18.0 Å². The number of thiophene rings is 1. The molecule has 0 spiro atoms. The van der Waals surface area contributed by atoms with Crippen LogP contribution in [0.5, 0.6) is 0 Å². The van der Waals surface area contributed by atoms with Crippen molar-refractivity contribution in [3.63, 3.8) is 0 Å². The molecule has 0 saturated heterocycles. The first-order chi connectivity index (χ1) is 9.79. The minimum atomic E-state index is -1.68. The molecule has 4 nitrogen and oxygen atoms in total. The van der Waals surface area contributed by atoms with E-state index in [4.69, 9.17) is 5.11 Å². The molecule has 1 amide bonds. The maximum Gasteiger partial charge on any atom is 0.338 e. The predicted molar refractivity (Wildman–Crippen MR) is 70.3 cm³/mol. The third-order valence-electron chi connectivity index (χ3n) is 2.56. The van der Waals surface area contributed by atoms with Gasteiger partial charge >= 0.3 is 5.97 Å². The molecule has 21 heavy (non-hydrogen) atoms. The monoisotopic (exact) mass is 315 g/mol. The minimum Gasteiger partial charge on any atom is -0.478 e. The van der Waals surface area contributed by atoms with E-state index in [1.165, 1.54) is 6.07 Å². The Morgan fingerprint density at radius 2 is 1.71 bits per heavy atom. The van der Waals surface area contributed by atoms with E-state index in [9.17, 15) is 22.8 Å². The fourth-order valence-corrected chi connectivity index (χ4v) is 2.53. The fraction of sp³-hybridized carbons (Fsp3) is 0.0769. The summed E-state index contributed by atoms with van der Waals surface area (Å²) in [5.74, 6) is -6.85. The second-order valence-electron chi connectivity index (χ2n) is 4.11. The van der Waals surface area contributed by atoms with Crippen molar-refractivity contribution in [2.24, 2.45) is 0 Å². The zero-order valence-electron chi connectivity index (χ0n) is 10.5. The van der Waals surface area contributed by atoms with Gasteiger partial charge in [-0.15, -0.1) is 11.3 Å². The summed E-state index contributed by atoms with van der Waals surface area (Å²) < 4.78 is 38.9. The number of benzene rings is 1. The highest BCUT2D eigenvalue weighted by Gasteiger charge is 2.19. The normalized spacial score (nSPS) is 10.5. The number of carboxylic acids is 1. The molecular weight excluding hydrogens is 307 g/mol. The average Bonchev–Trinajstić information content (AvgIpc) is 2.76. The van der Waals surface area contributed by atoms with Gasteiger partial charge in [-0.3, -0.25) is 4.79 Å². The molecule has 2 rings (SSSR count). The molecule has 2 N–H and O–H groups in total. The Morgan fingerprint density at radius 1 is 1.14 bits per heavy atom. The lowest BCUT2D eigenvalue weighted by atomic mass is 10.2. The first-order valence-corrected chi connectivity index (χ1v) is 6.41. The van der Waals surface area contributed by atoms with Crippen LogP contribution in [-0.2, 0) is 0 Å². The third kappa shape index (κ3) is 3.05. The lowest BCUT2D eigenvalue weighted by Crippen LogP contribution is -2.14. The van der Waals surface area contributed by atoms with Crippen molar-refractivity contribution in [1.29, 1.82) is 0 Å². The lowest BCUT2D eigenvalue weighted by Gasteiger charge is -2.05. The van der Waals surface area contributed by atoms with E-state index in [-0.39, 0.29) is 10.6 Å². The Kier molecular flexibility index (Phi) is 3.99. The number of halogens is 3. The maximum absolute atomic E-state index is 13.1. The highest BCUT2D eigenvalue weighted by molar-refractivity contribution is 7.16. The van der Waals surface area contributed by atoms with Crippen LogP contribution >= 0.6 is 11.3 Å². The molecule has 0 aliphatic heterocycles. The number of aryl methyl sites for hydroxylation is 1. The van der Waals surface area contributed by atoms with Crippen molar-refractivity contribution in [2.45, 2.75) is 6.92 Å². The molecule has 1 aromatic carbocycles. The zero-order chi connectivity index (χ0) is 15.7. The molecule has 1 aromatic heterocycles. The second kappa shape index (κ2) is 5.57. The topological polar surface area (TPSA) is 66.4 Å². The number of carboxylic acid groups (broad SMARTS) is 1. The van der Waals surface area contributed by atoms with Gasteiger partial charge in [-0.1, -0.05) is 0 Å². The molecule has 0 atom stereocenters. The van der Waals surface area contributed by atoms with Crippen LogP contribution in [0.2, 0.25) is 0 Å². The molecule has 0 fully saturated rings. The SMILES string of the molecule is Cc1cc(C(=O)O)c(NC(=O)c2cc(F)c(F)c(F)c2)s1. The van der Waals surface area contributed by atoms with Gasteiger partial charge in [0.05, 0.1) is 5.56 Å². The lowest BCUT2D eigenvalue weighted by molar-refractivity contribution is 0.0698. The van der Waals surface area contributed by atoms with Crippen LogP contribution in [0.25, 0.3) is 0 Å². The molecule has 1 heterocycles. The molecule has 8 heteroatoms. The number of aromatic carboxylic acids is 1. The number of carbonyl (C=O) groups is 2. The van der Waals surface area contributed by atoms with Gasteiger partial charge in [0.2, 0.25) is 0 Å². The van der Waals surface area contributed by atoms with Gasteiger partial charge in [0.1, 0.15) is 5.00 Å². The predicted octanol–water partition coefficient (Wildman–Crippen LogP) is 3.42. The molecule has 0 saturated carbocycles. The van der Waals surface area contributed by atoms with Gasteiger partial charge in [0.25, 0.3) is 5.91 Å². The summed E-state index contributed by atoms with van der Waals surface area (Å²) in [6.45, 7) is 1.64. The molecular formula is C13H8F3NO3S. The molecule has 0 aliphatic rings. The first kappa shape index (κ1) is 15.0. The van der Waals surface area contributed by atoms with Crippen LogP contribution in [0.15, 0.2) is 18.2 Å². The minimum absolute atomic E-state index is 0.0372. The van der Waals surface area contributed by atoms with Crippen molar-refractivity contribution < 1.29 is 27.9 Å². The Labute approximate surface area is 120 Å². The van der Waals surface area contributed by atoms with E-state index >= 15 is 0 Å². The number of hydrogen-bond donors (Lipinski definition) is 2.